The number of aromatic nitrogens is 3. The monoisotopic (exact) mass is 395 g/mol. The first-order chi connectivity index (χ1) is 14.2. The van der Waals surface area contributed by atoms with E-state index in [0.29, 0.717) is 13.1 Å². The molecule has 0 bridgehead atoms. The number of hydrogen-bond donors (Lipinski definition) is 2. The van der Waals surface area contributed by atoms with Crippen LogP contribution >= 0.6 is 0 Å². The summed E-state index contributed by atoms with van der Waals surface area (Å²) in [5, 5.41) is 10.7. The van der Waals surface area contributed by atoms with Gasteiger partial charge in [0.05, 0.1) is 25.9 Å². The van der Waals surface area contributed by atoms with Crippen molar-refractivity contribution in [1.29, 1.82) is 0 Å². The number of aliphatic imine (C=N–C) groups is 1. The number of rotatable bonds is 9. The molecule has 0 saturated heterocycles. The van der Waals surface area contributed by atoms with Gasteiger partial charge < -0.3 is 15.1 Å². The molecule has 0 fully saturated rings. The van der Waals surface area contributed by atoms with Gasteiger partial charge in [-0.1, -0.05) is 24.3 Å². The van der Waals surface area contributed by atoms with Crippen LogP contribution in [0, 0.1) is 0 Å². The van der Waals surface area contributed by atoms with Crippen molar-refractivity contribution < 1.29 is 4.42 Å². The lowest BCUT2D eigenvalue weighted by molar-refractivity contribution is 0.287. The fourth-order valence-electron chi connectivity index (χ4n) is 3.03. The summed E-state index contributed by atoms with van der Waals surface area (Å²) < 4.78 is 7.20. The molecule has 8 heteroatoms. The van der Waals surface area contributed by atoms with Crippen molar-refractivity contribution in [2.75, 3.05) is 13.6 Å². The number of benzene rings is 1. The molecule has 0 aliphatic rings. The van der Waals surface area contributed by atoms with Gasteiger partial charge in [0.15, 0.2) is 5.96 Å². The predicted octanol–water partition coefficient (Wildman–Crippen LogP) is 2.30. The molecule has 8 nitrogen and oxygen atoms in total. The van der Waals surface area contributed by atoms with Crippen LogP contribution in [0.5, 0.6) is 0 Å². The molecule has 0 saturated carbocycles. The summed E-state index contributed by atoms with van der Waals surface area (Å²) in [5.74, 6) is 2.58. The second kappa shape index (κ2) is 10.4. The molecule has 0 aliphatic carbocycles. The molecular formula is C21H29N7O. The third-order valence-corrected chi connectivity index (χ3v) is 4.54. The van der Waals surface area contributed by atoms with E-state index in [2.05, 4.69) is 63.9 Å². The van der Waals surface area contributed by atoms with E-state index in [1.54, 1.807) is 17.3 Å². The summed E-state index contributed by atoms with van der Waals surface area (Å²) in [6.07, 6.45) is 3.26. The molecule has 0 spiro atoms. The van der Waals surface area contributed by atoms with E-state index in [4.69, 9.17) is 9.41 Å². The molecule has 2 heterocycles. The SMILES string of the molecule is CCNC(=NCc1ccccc1CN(C)Cc1ccco1)NCc1ncnn1C. The Hall–Kier alpha value is -3.13. The smallest absolute Gasteiger partial charge is 0.191 e. The Morgan fingerprint density at radius 1 is 1.14 bits per heavy atom. The van der Waals surface area contributed by atoms with Crippen molar-refractivity contribution in [3.8, 4) is 0 Å². The fraction of sp³-hybridized carbons (Fsp3) is 0.381. The Bertz CT molecular complexity index is 901. The molecule has 3 aromatic rings. The maximum Gasteiger partial charge on any atom is 0.191 e. The van der Waals surface area contributed by atoms with Crippen LogP contribution in [0.2, 0.25) is 0 Å². The van der Waals surface area contributed by atoms with Crippen molar-refractivity contribution in [2.24, 2.45) is 12.0 Å². The second-order valence-corrected chi connectivity index (χ2v) is 6.87. The van der Waals surface area contributed by atoms with E-state index in [1.165, 1.54) is 11.1 Å². The highest BCUT2D eigenvalue weighted by Gasteiger charge is 2.08. The quantitative estimate of drug-likeness (QED) is 0.427. The van der Waals surface area contributed by atoms with Crippen LogP contribution in [-0.4, -0.2) is 39.2 Å². The first kappa shape index (κ1) is 20.6. The normalized spacial score (nSPS) is 11.8. The zero-order chi connectivity index (χ0) is 20.5. The third-order valence-electron chi connectivity index (χ3n) is 4.54. The van der Waals surface area contributed by atoms with Gasteiger partial charge in [0, 0.05) is 20.1 Å². The molecule has 0 unspecified atom stereocenters. The lowest BCUT2D eigenvalue weighted by Gasteiger charge is -2.17. The fourth-order valence-corrected chi connectivity index (χ4v) is 3.03. The van der Waals surface area contributed by atoms with Crippen molar-refractivity contribution in [3.63, 3.8) is 0 Å². The highest BCUT2D eigenvalue weighted by atomic mass is 16.3. The number of guanidine groups is 1. The lowest BCUT2D eigenvalue weighted by atomic mass is 10.1. The molecule has 154 valence electrons. The van der Waals surface area contributed by atoms with Crippen LogP contribution in [0.1, 0.15) is 29.6 Å². The van der Waals surface area contributed by atoms with E-state index in [0.717, 1.165) is 37.2 Å². The molecule has 0 aliphatic heterocycles. The number of nitrogens with zero attached hydrogens (tertiary/aromatic N) is 5. The van der Waals surface area contributed by atoms with Gasteiger partial charge in [-0.3, -0.25) is 9.58 Å². The van der Waals surface area contributed by atoms with Crippen LogP contribution in [-0.2, 0) is 33.2 Å². The maximum atomic E-state index is 5.45. The molecule has 0 atom stereocenters. The highest BCUT2D eigenvalue weighted by molar-refractivity contribution is 5.79. The van der Waals surface area contributed by atoms with E-state index >= 15 is 0 Å². The second-order valence-electron chi connectivity index (χ2n) is 6.87. The standard InChI is InChI=1S/C21H29N7O/c1-4-22-21(24-13-20-25-16-26-28(20)3)23-12-17-8-5-6-9-18(17)14-27(2)15-19-10-7-11-29-19/h5-11,16H,4,12-15H2,1-3H3,(H2,22,23,24). The average molecular weight is 396 g/mol. The van der Waals surface area contributed by atoms with E-state index in [-0.39, 0.29) is 0 Å². The van der Waals surface area contributed by atoms with Gasteiger partial charge in [0.1, 0.15) is 17.9 Å². The maximum absolute atomic E-state index is 5.45. The van der Waals surface area contributed by atoms with Crippen molar-refractivity contribution in [2.45, 2.75) is 33.1 Å². The predicted molar refractivity (Wildman–Crippen MR) is 113 cm³/mol. The van der Waals surface area contributed by atoms with Gasteiger partial charge in [-0.25, -0.2) is 9.98 Å². The highest BCUT2D eigenvalue weighted by Crippen LogP contribution is 2.14. The van der Waals surface area contributed by atoms with Crippen molar-refractivity contribution in [1.82, 2.24) is 30.3 Å². The molecule has 2 N–H and O–H groups in total. The summed E-state index contributed by atoms with van der Waals surface area (Å²) in [6, 6.07) is 12.3. The van der Waals surface area contributed by atoms with Gasteiger partial charge >= 0.3 is 0 Å². The Balaban J connectivity index is 1.63. The van der Waals surface area contributed by atoms with Crippen LogP contribution < -0.4 is 10.6 Å². The van der Waals surface area contributed by atoms with Gasteiger partial charge in [-0.15, -0.1) is 0 Å². The summed E-state index contributed by atoms with van der Waals surface area (Å²) in [7, 11) is 3.97. The van der Waals surface area contributed by atoms with E-state index in [1.807, 2.05) is 19.2 Å². The van der Waals surface area contributed by atoms with Crippen molar-refractivity contribution in [3.05, 3.63) is 71.7 Å². The van der Waals surface area contributed by atoms with Crippen LogP contribution in [0.15, 0.2) is 58.4 Å². The zero-order valence-corrected chi connectivity index (χ0v) is 17.3. The van der Waals surface area contributed by atoms with Gasteiger partial charge in [-0.2, -0.15) is 5.10 Å². The van der Waals surface area contributed by atoms with Crippen LogP contribution in [0.25, 0.3) is 0 Å². The zero-order valence-electron chi connectivity index (χ0n) is 17.3. The van der Waals surface area contributed by atoms with Crippen LogP contribution in [0.3, 0.4) is 0 Å². The first-order valence-electron chi connectivity index (χ1n) is 9.78. The van der Waals surface area contributed by atoms with Gasteiger partial charge in [0.25, 0.3) is 0 Å². The summed E-state index contributed by atoms with van der Waals surface area (Å²) in [5.41, 5.74) is 2.46. The minimum atomic E-state index is 0.565. The molecular weight excluding hydrogens is 366 g/mol. The summed E-state index contributed by atoms with van der Waals surface area (Å²) in [6.45, 7) is 5.60. The Morgan fingerprint density at radius 2 is 1.97 bits per heavy atom. The first-order valence-corrected chi connectivity index (χ1v) is 9.78. The van der Waals surface area contributed by atoms with Crippen LogP contribution in [0.4, 0.5) is 0 Å². The van der Waals surface area contributed by atoms with Crippen molar-refractivity contribution >= 4 is 5.96 Å². The Labute approximate surface area is 171 Å². The van der Waals surface area contributed by atoms with Gasteiger partial charge in [0.2, 0.25) is 0 Å². The van der Waals surface area contributed by atoms with E-state index in [9.17, 15) is 0 Å². The minimum absolute atomic E-state index is 0.565. The Kier molecular flexibility index (Phi) is 7.40. The molecule has 0 radical (unpaired) electrons. The summed E-state index contributed by atoms with van der Waals surface area (Å²) >= 11 is 0. The number of nitrogens with one attached hydrogen (secondary N) is 2. The molecule has 0 amide bonds. The molecule has 1 aromatic carbocycles. The van der Waals surface area contributed by atoms with E-state index < -0.39 is 0 Å². The van der Waals surface area contributed by atoms with Gasteiger partial charge in [-0.05, 0) is 37.2 Å². The number of hydrogen-bond acceptors (Lipinski definition) is 5. The molecule has 3 rings (SSSR count). The minimum Gasteiger partial charge on any atom is -0.468 e. The topological polar surface area (TPSA) is 83.5 Å². The number of aryl methyl sites for hydroxylation is 1. The molecule has 29 heavy (non-hydrogen) atoms. The largest absolute Gasteiger partial charge is 0.468 e. The lowest BCUT2D eigenvalue weighted by Crippen LogP contribution is -2.37. The molecule has 2 aromatic heterocycles. The Morgan fingerprint density at radius 3 is 2.66 bits per heavy atom. The third kappa shape index (κ3) is 6.18. The number of furan rings is 1. The average Bonchev–Trinajstić information content (AvgIpc) is 3.36. The summed E-state index contributed by atoms with van der Waals surface area (Å²) in [4.78, 5) is 11.2.